The first-order valence-corrected chi connectivity index (χ1v) is 11.5. The summed E-state index contributed by atoms with van der Waals surface area (Å²) in [4.78, 5) is 12.2. The number of benzene rings is 1. The van der Waals surface area contributed by atoms with Gasteiger partial charge in [-0.1, -0.05) is 27.3 Å². The van der Waals surface area contributed by atoms with E-state index in [0.717, 1.165) is 30.8 Å². The van der Waals surface area contributed by atoms with E-state index in [0.29, 0.717) is 28.4 Å². The highest BCUT2D eigenvalue weighted by atomic mass is 31.1. The van der Waals surface area contributed by atoms with Crippen molar-refractivity contribution >= 4 is 41.7 Å². The Morgan fingerprint density at radius 2 is 2.11 bits per heavy atom. The third-order valence-corrected chi connectivity index (χ3v) is 5.73. The topological polar surface area (TPSA) is 98.7 Å². The number of nitriles is 1. The summed E-state index contributed by atoms with van der Waals surface area (Å²) in [7, 11) is 1.45. The molecule has 0 aliphatic rings. The monoisotopic (exact) mass is 396 g/mol. The van der Waals surface area contributed by atoms with Crippen LogP contribution in [0, 0.1) is 11.3 Å². The molecule has 2 heterocycles. The molecule has 0 fully saturated rings. The van der Waals surface area contributed by atoms with Crippen molar-refractivity contribution in [2.75, 3.05) is 37.6 Å². The second-order valence-electron chi connectivity index (χ2n) is 6.62. The van der Waals surface area contributed by atoms with E-state index in [9.17, 15) is 5.26 Å². The molecule has 1 aromatic carbocycles. The van der Waals surface area contributed by atoms with Gasteiger partial charge in [-0.15, -0.1) is 0 Å². The molecule has 2 aromatic heterocycles. The third-order valence-electron chi connectivity index (χ3n) is 4.42. The van der Waals surface area contributed by atoms with Gasteiger partial charge in [0.25, 0.3) is 0 Å². The number of methoxy groups -OCH3 is 1. The fourth-order valence-corrected chi connectivity index (χ4v) is 3.62. The van der Waals surface area contributed by atoms with E-state index in [1.54, 1.807) is 13.3 Å². The van der Waals surface area contributed by atoms with Crippen LogP contribution in [0.25, 0.3) is 11.0 Å². The standard InChI is InChI=1S/C20H25N6OP/c1-5-6-9-22-18-17-13(11-21)12-23-19(17)26-20(25-18)24-15-8-7-14(28(3)4)10-16(15)27-2/h7-8,10,12H,5-6,9H2,1-4H3,(H3,22,23,24,25,26). The fraction of sp³-hybridized carbons (Fsp3) is 0.350. The summed E-state index contributed by atoms with van der Waals surface area (Å²) in [5.41, 5.74) is 1.95. The number of nitrogens with zero attached hydrogens (tertiary/aromatic N) is 3. The van der Waals surface area contributed by atoms with E-state index >= 15 is 0 Å². The number of ether oxygens (including phenoxy) is 1. The van der Waals surface area contributed by atoms with Gasteiger partial charge in [0.2, 0.25) is 5.95 Å². The Kier molecular flexibility index (Phi) is 6.33. The van der Waals surface area contributed by atoms with Crippen molar-refractivity contribution in [3.8, 4) is 11.8 Å². The number of aromatic nitrogens is 3. The van der Waals surface area contributed by atoms with E-state index in [1.165, 1.54) is 5.30 Å². The summed E-state index contributed by atoms with van der Waals surface area (Å²) in [6, 6.07) is 8.33. The molecule has 3 N–H and O–H groups in total. The van der Waals surface area contributed by atoms with E-state index in [-0.39, 0.29) is 7.92 Å². The maximum absolute atomic E-state index is 9.38. The van der Waals surface area contributed by atoms with E-state index < -0.39 is 0 Å². The van der Waals surface area contributed by atoms with Crippen LogP contribution in [0.2, 0.25) is 0 Å². The number of H-pyrrole nitrogens is 1. The van der Waals surface area contributed by atoms with Crippen LogP contribution >= 0.6 is 7.92 Å². The minimum absolute atomic E-state index is 0.210. The summed E-state index contributed by atoms with van der Waals surface area (Å²) in [5, 5.41) is 18.0. The smallest absolute Gasteiger partial charge is 0.231 e. The minimum atomic E-state index is -0.210. The number of nitrogens with one attached hydrogen (secondary N) is 3. The molecule has 0 unspecified atom stereocenters. The SMILES string of the molecule is CCCCNc1nc(Nc2ccc(P(C)C)cc2OC)nc2[nH]cc(C#N)c12. The zero-order valence-electron chi connectivity index (χ0n) is 16.6. The molecule has 0 spiro atoms. The lowest BCUT2D eigenvalue weighted by Crippen LogP contribution is -2.08. The molecule has 3 rings (SSSR count). The Labute approximate surface area is 166 Å². The zero-order valence-corrected chi connectivity index (χ0v) is 17.5. The summed E-state index contributed by atoms with van der Waals surface area (Å²) >= 11 is 0. The van der Waals surface area contributed by atoms with Crippen LogP contribution in [0.3, 0.4) is 0 Å². The second-order valence-corrected chi connectivity index (χ2v) is 8.92. The second kappa shape index (κ2) is 8.90. The lowest BCUT2D eigenvalue weighted by Gasteiger charge is -2.14. The van der Waals surface area contributed by atoms with E-state index in [2.05, 4.69) is 64.0 Å². The molecule has 0 atom stereocenters. The first-order chi connectivity index (χ1) is 13.6. The first-order valence-electron chi connectivity index (χ1n) is 9.22. The van der Waals surface area contributed by atoms with Crippen LogP contribution in [0.5, 0.6) is 5.75 Å². The van der Waals surface area contributed by atoms with Gasteiger partial charge in [0, 0.05) is 12.7 Å². The van der Waals surface area contributed by atoms with Crippen molar-refractivity contribution in [2.24, 2.45) is 0 Å². The van der Waals surface area contributed by atoms with Crippen LogP contribution in [0.15, 0.2) is 24.4 Å². The predicted octanol–water partition coefficient (Wildman–Crippen LogP) is 4.16. The maximum Gasteiger partial charge on any atom is 0.231 e. The average Bonchev–Trinajstić information content (AvgIpc) is 3.11. The van der Waals surface area contributed by atoms with Gasteiger partial charge in [0.05, 0.1) is 23.7 Å². The molecular weight excluding hydrogens is 371 g/mol. The maximum atomic E-state index is 9.38. The molecule has 0 aliphatic heterocycles. The van der Waals surface area contributed by atoms with Gasteiger partial charge in [-0.25, -0.2) is 0 Å². The highest BCUT2D eigenvalue weighted by Gasteiger charge is 2.15. The summed E-state index contributed by atoms with van der Waals surface area (Å²) in [6.07, 6.45) is 3.76. The Balaban J connectivity index is 1.98. The molecule has 7 nitrogen and oxygen atoms in total. The molecular formula is C20H25N6OP. The van der Waals surface area contributed by atoms with Gasteiger partial charge < -0.3 is 20.4 Å². The van der Waals surface area contributed by atoms with Crippen LogP contribution < -0.4 is 20.7 Å². The van der Waals surface area contributed by atoms with E-state index in [4.69, 9.17) is 4.74 Å². The van der Waals surface area contributed by atoms with Gasteiger partial charge in [0.1, 0.15) is 23.3 Å². The van der Waals surface area contributed by atoms with Gasteiger partial charge in [-0.2, -0.15) is 15.2 Å². The van der Waals surface area contributed by atoms with Crippen molar-refractivity contribution in [2.45, 2.75) is 19.8 Å². The number of rotatable bonds is 8. The molecule has 0 aliphatic carbocycles. The minimum Gasteiger partial charge on any atom is -0.495 e. The summed E-state index contributed by atoms with van der Waals surface area (Å²) < 4.78 is 5.55. The van der Waals surface area contributed by atoms with Crippen LogP contribution in [0.1, 0.15) is 25.3 Å². The highest BCUT2D eigenvalue weighted by Crippen LogP contribution is 2.32. The zero-order chi connectivity index (χ0) is 20.1. The van der Waals surface area contributed by atoms with Gasteiger partial charge in [-0.3, -0.25) is 0 Å². The highest BCUT2D eigenvalue weighted by molar-refractivity contribution is 7.64. The predicted molar refractivity (Wildman–Crippen MR) is 117 cm³/mol. The van der Waals surface area contributed by atoms with Gasteiger partial charge in [0.15, 0.2) is 0 Å². The number of anilines is 3. The molecule has 0 saturated heterocycles. The quantitative estimate of drug-likeness (QED) is 0.391. The van der Waals surface area contributed by atoms with Crippen molar-refractivity contribution in [3.63, 3.8) is 0 Å². The molecule has 0 amide bonds. The van der Waals surface area contributed by atoms with Gasteiger partial charge in [-0.05, 0) is 37.2 Å². The number of aromatic amines is 1. The Hall–Kier alpha value is -2.84. The largest absolute Gasteiger partial charge is 0.495 e. The number of hydrogen-bond donors (Lipinski definition) is 3. The van der Waals surface area contributed by atoms with Crippen LogP contribution in [-0.2, 0) is 0 Å². The Morgan fingerprint density at radius 3 is 2.79 bits per heavy atom. The summed E-state index contributed by atoms with van der Waals surface area (Å²) in [5.74, 6) is 1.85. The normalized spacial score (nSPS) is 10.9. The number of hydrogen-bond acceptors (Lipinski definition) is 6. The third kappa shape index (κ3) is 4.18. The average molecular weight is 396 g/mol. The van der Waals surface area contributed by atoms with Crippen LogP contribution in [0.4, 0.5) is 17.5 Å². The molecule has 0 bridgehead atoms. The molecule has 8 heteroatoms. The van der Waals surface area contributed by atoms with Crippen molar-refractivity contribution in [3.05, 3.63) is 30.0 Å². The fourth-order valence-electron chi connectivity index (χ4n) is 2.87. The molecule has 0 radical (unpaired) electrons. The van der Waals surface area contributed by atoms with Gasteiger partial charge >= 0.3 is 0 Å². The van der Waals surface area contributed by atoms with E-state index in [1.807, 2.05) is 6.07 Å². The van der Waals surface area contributed by atoms with Crippen molar-refractivity contribution < 1.29 is 4.74 Å². The Morgan fingerprint density at radius 1 is 1.29 bits per heavy atom. The molecule has 146 valence electrons. The number of fused-ring (bicyclic) bond motifs is 1. The van der Waals surface area contributed by atoms with Crippen molar-refractivity contribution in [1.82, 2.24) is 15.0 Å². The Bertz CT molecular complexity index is 1010. The first kappa shape index (κ1) is 19.9. The lowest BCUT2D eigenvalue weighted by atomic mass is 10.2. The lowest BCUT2D eigenvalue weighted by molar-refractivity contribution is 0.417. The molecule has 0 saturated carbocycles. The molecule has 3 aromatic rings. The van der Waals surface area contributed by atoms with Crippen LogP contribution in [-0.4, -0.2) is 41.9 Å². The summed E-state index contributed by atoms with van der Waals surface area (Å²) in [6.45, 7) is 7.34. The molecule has 28 heavy (non-hydrogen) atoms. The number of unbranched alkanes of at least 4 members (excludes halogenated alkanes) is 1. The van der Waals surface area contributed by atoms with Crippen molar-refractivity contribution in [1.29, 1.82) is 5.26 Å².